The van der Waals surface area contributed by atoms with Crippen molar-refractivity contribution >= 4 is 11.3 Å². The molecular weight excluding hydrogens is 242 g/mol. The molecule has 0 aliphatic carbocycles. The van der Waals surface area contributed by atoms with Crippen LogP contribution in [-0.4, -0.2) is 16.5 Å². The van der Waals surface area contributed by atoms with E-state index >= 15 is 0 Å². The molecule has 94 valence electrons. The van der Waals surface area contributed by atoms with E-state index < -0.39 is 0 Å². The van der Waals surface area contributed by atoms with Crippen molar-refractivity contribution in [3.05, 3.63) is 34.6 Å². The van der Waals surface area contributed by atoms with Gasteiger partial charge in [-0.3, -0.25) is 0 Å². The fourth-order valence-electron chi connectivity index (χ4n) is 2.40. The van der Waals surface area contributed by atoms with Gasteiger partial charge in [0.05, 0.1) is 16.6 Å². The van der Waals surface area contributed by atoms with Crippen molar-refractivity contribution in [3.8, 4) is 10.6 Å². The van der Waals surface area contributed by atoms with Gasteiger partial charge >= 0.3 is 0 Å². The van der Waals surface area contributed by atoms with Crippen molar-refractivity contribution in [3.63, 3.8) is 0 Å². The molecule has 2 aromatic rings. The number of thiophene rings is 1. The molecule has 1 unspecified atom stereocenters. The molecule has 0 radical (unpaired) electrons. The predicted octanol–water partition coefficient (Wildman–Crippen LogP) is 3.25. The smallest absolute Gasteiger partial charge is 0.146 e. The van der Waals surface area contributed by atoms with Crippen molar-refractivity contribution in [2.45, 2.75) is 32.7 Å². The maximum atomic E-state index is 4.76. The zero-order chi connectivity index (χ0) is 12.5. The predicted molar refractivity (Wildman–Crippen MR) is 74.8 cm³/mol. The molecule has 1 N–H and O–H groups in total. The summed E-state index contributed by atoms with van der Waals surface area (Å²) in [6.07, 6.45) is 2.36. The van der Waals surface area contributed by atoms with E-state index in [0.717, 1.165) is 30.2 Å². The maximum Gasteiger partial charge on any atom is 0.146 e. The van der Waals surface area contributed by atoms with Crippen LogP contribution in [0.5, 0.6) is 0 Å². The molecule has 0 saturated carbocycles. The lowest BCUT2D eigenvalue weighted by molar-refractivity contribution is 0.603. The lowest BCUT2D eigenvalue weighted by Crippen LogP contribution is -2.16. The summed E-state index contributed by atoms with van der Waals surface area (Å²) in [6.45, 7) is 5.26. The molecule has 1 aliphatic rings. The minimum Gasteiger partial charge on any atom is -0.307 e. The Morgan fingerprint density at radius 3 is 2.89 bits per heavy atom. The number of rotatable bonds is 2. The summed E-state index contributed by atoms with van der Waals surface area (Å²) in [5.74, 6) is 0.954. The Hall–Kier alpha value is -1.26. The van der Waals surface area contributed by atoms with Crippen LogP contribution in [0.4, 0.5) is 0 Å². The number of nitrogens with zero attached hydrogens (tertiary/aromatic N) is 2. The summed E-state index contributed by atoms with van der Waals surface area (Å²) >= 11 is 1.75. The molecule has 4 heteroatoms. The maximum absolute atomic E-state index is 4.76. The summed E-state index contributed by atoms with van der Waals surface area (Å²) < 4.78 is 0. The van der Waals surface area contributed by atoms with Crippen LogP contribution < -0.4 is 5.32 Å². The van der Waals surface area contributed by atoms with Gasteiger partial charge in [-0.15, -0.1) is 11.3 Å². The van der Waals surface area contributed by atoms with Crippen LogP contribution in [0.25, 0.3) is 10.6 Å². The topological polar surface area (TPSA) is 37.8 Å². The molecule has 1 saturated heterocycles. The van der Waals surface area contributed by atoms with Gasteiger partial charge in [0.15, 0.2) is 0 Å². The van der Waals surface area contributed by atoms with E-state index in [1.807, 2.05) is 6.92 Å². The van der Waals surface area contributed by atoms with Gasteiger partial charge in [0.25, 0.3) is 0 Å². The second-order valence-electron chi connectivity index (χ2n) is 4.83. The van der Waals surface area contributed by atoms with E-state index in [2.05, 4.69) is 34.7 Å². The van der Waals surface area contributed by atoms with Crippen LogP contribution in [0.15, 0.2) is 17.5 Å². The summed E-state index contributed by atoms with van der Waals surface area (Å²) in [5, 5.41) is 5.59. The second-order valence-corrected chi connectivity index (χ2v) is 5.75. The first-order valence-corrected chi connectivity index (χ1v) is 7.25. The standard InChI is InChI=1S/C14H17N3S/c1-9-5-7-18-13(9)12-8-10(2)16-14(17-12)11-4-3-6-15-11/h5,7-8,11,15H,3-4,6H2,1-2H3. The number of aryl methyl sites for hydroxylation is 2. The summed E-state index contributed by atoms with van der Waals surface area (Å²) in [6, 6.07) is 4.56. The van der Waals surface area contributed by atoms with Gasteiger partial charge in [0, 0.05) is 5.69 Å². The third kappa shape index (κ3) is 2.18. The van der Waals surface area contributed by atoms with Crippen molar-refractivity contribution in [2.75, 3.05) is 6.54 Å². The van der Waals surface area contributed by atoms with Crippen molar-refractivity contribution in [1.82, 2.24) is 15.3 Å². The lowest BCUT2D eigenvalue weighted by atomic mass is 10.2. The fraction of sp³-hybridized carbons (Fsp3) is 0.429. The Morgan fingerprint density at radius 2 is 2.22 bits per heavy atom. The zero-order valence-electron chi connectivity index (χ0n) is 10.7. The molecule has 3 rings (SSSR count). The molecule has 0 spiro atoms. The molecule has 1 fully saturated rings. The quantitative estimate of drug-likeness (QED) is 0.899. The van der Waals surface area contributed by atoms with Crippen molar-refractivity contribution < 1.29 is 0 Å². The first kappa shape index (κ1) is 11.8. The molecule has 1 atom stereocenters. The Morgan fingerprint density at radius 1 is 1.33 bits per heavy atom. The molecule has 0 amide bonds. The first-order chi connectivity index (χ1) is 8.74. The molecule has 1 aliphatic heterocycles. The Labute approximate surface area is 111 Å². The highest BCUT2D eigenvalue weighted by Crippen LogP contribution is 2.29. The second kappa shape index (κ2) is 4.78. The number of hydrogen-bond acceptors (Lipinski definition) is 4. The fourth-order valence-corrected chi connectivity index (χ4v) is 3.29. The Kier molecular flexibility index (Phi) is 3.14. The monoisotopic (exact) mass is 259 g/mol. The minimum atomic E-state index is 0.337. The van der Waals surface area contributed by atoms with E-state index in [1.54, 1.807) is 11.3 Å². The van der Waals surface area contributed by atoms with Crippen molar-refractivity contribution in [2.24, 2.45) is 0 Å². The van der Waals surface area contributed by atoms with Crippen LogP contribution in [0.1, 0.15) is 36.0 Å². The van der Waals surface area contributed by atoms with Gasteiger partial charge in [-0.2, -0.15) is 0 Å². The third-order valence-corrected chi connectivity index (χ3v) is 4.38. The molecule has 18 heavy (non-hydrogen) atoms. The van der Waals surface area contributed by atoms with E-state index in [1.165, 1.54) is 16.9 Å². The van der Waals surface area contributed by atoms with Crippen LogP contribution in [0.3, 0.4) is 0 Å². The highest BCUT2D eigenvalue weighted by atomic mass is 32.1. The normalized spacial score (nSPS) is 19.3. The van der Waals surface area contributed by atoms with E-state index in [9.17, 15) is 0 Å². The molecule has 3 nitrogen and oxygen atoms in total. The number of aromatic nitrogens is 2. The summed E-state index contributed by atoms with van der Waals surface area (Å²) in [7, 11) is 0. The van der Waals surface area contributed by atoms with Gasteiger partial charge in [0.2, 0.25) is 0 Å². The van der Waals surface area contributed by atoms with Crippen LogP contribution in [-0.2, 0) is 0 Å². The highest BCUT2D eigenvalue weighted by molar-refractivity contribution is 7.13. The van der Waals surface area contributed by atoms with Crippen LogP contribution >= 0.6 is 11.3 Å². The average Bonchev–Trinajstić information content (AvgIpc) is 2.98. The minimum absolute atomic E-state index is 0.337. The van der Waals surface area contributed by atoms with Gasteiger partial charge < -0.3 is 5.32 Å². The van der Waals surface area contributed by atoms with Crippen LogP contribution in [0, 0.1) is 13.8 Å². The van der Waals surface area contributed by atoms with E-state index in [4.69, 9.17) is 4.98 Å². The van der Waals surface area contributed by atoms with Gasteiger partial charge in [0.1, 0.15) is 5.82 Å². The average molecular weight is 259 g/mol. The molecular formula is C14H17N3S. The summed E-state index contributed by atoms with van der Waals surface area (Å²) in [4.78, 5) is 10.6. The Balaban J connectivity index is 2.03. The van der Waals surface area contributed by atoms with E-state index in [-0.39, 0.29) is 0 Å². The summed E-state index contributed by atoms with van der Waals surface area (Å²) in [5.41, 5.74) is 3.42. The Bertz CT molecular complexity index is 556. The lowest BCUT2D eigenvalue weighted by Gasteiger charge is -2.11. The first-order valence-electron chi connectivity index (χ1n) is 6.37. The molecule has 0 bridgehead atoms. The largest absolute Gasteiger partial charge is 0.307 e. The molecule has 3 heterocycles. The number of hydrogen-bond donors (Lipinski definition) is 1. The van der Waals surface area contributed by atoms with Gasteiger partial charge in [-0.1, -0.05) is 0 Å². The van der Waals surface area contributed by atoms with Crippen LogP contribution in [0.2, 0.25) is 0 Å². The molecule has 2 aromatic heterocycles. The van der Waals surface area contributed by atoms with E-state index in [0.29, 0.717) is 6.04 Å². The highest BCUT2D eigenvalue weighted by Gasteiger charge is 2.20. The third-order valence-electron chi connectivity index (χ3n) is 3.34. The molecule has 0 aromatic carbocycles. The number of nitrogens with one attached hydrogen (secondary N) is 1. The zero-order valence-corrected chi connectivity index (χ0v) is 11.5. The van der Waals surface area contributed by atoms with Gasteiger partial charge in [-0.25, -0.2) is 9.97 Å². The van der Waals surface area contributed by atoms with Crippen molar-refractivity contribution in [1.29, 1.82) is 0 Å². The van der Waals surface area contributed by atoms with Gasteiger partial charge in [-0.05, 0) is 56.3 Å². The SMILES string of the molecule is Cc1cc(-c2sccc2C)nc(C2CCCN2)n1.